The summed E-state index contributed by atoms with van der Waals surface area (Å²) < 4.78 is 5.73. The third kappa shape index (κ3) is 3.35. The molecule has 1 aromatic rings. The molecular formula is C16H22N2O. The Balaban J connectivity index is 1.52. The molecule has 2 aliphatic rings. The molecule has 1 saturated heterocycles. The highest BCUT2D eigenvalue weighted by molar-refractivity contribution is 5.78. The van der Waals surface area contributed by atoms with Crippen LogP contribution in [0.1, 0.15) is 37.3 Å². The van der Waals surface area contributed by atoms with E-state index >= 15 is 0 Å². The molecular weight excluding hydrogens is 236 g/mol. The van der Waals surface area contributed by atoms with Gasteiger partial charge < -0.3 is 9.64 Å². The Morgan fingerprint density at radius 1 is 1.11 bits per heavy atom. The van der Waals surface area contributed by atoms with E-state index in [1.54, 1.807) is 0 Å². The van der Waals surface area contributed by atoms with Crippen molar-refractivity contribution in [2.45, 2.75) is 31.7 Å². The number of ether oxygens (including phenoxy) is 1. The van der Waals surface area contributed by atoms with Gasteiger partial charge in [0, 0.05) is 13.0 Å². The molecule has 0 aliphatic carbocycles. The molecule has 2 heterocycles. The number of nitrogens with zero attached hydrogens (tertiary/aromatic N) is 2. The molecule has 3 heteroatoms. The van der Waals surface area contributed by atoms with Gasteiger partial charge in [0.05, 0.1) is 0 Å². The quantitative estimate of drug-likeness (QED) is 0.829. The highest BCUT2D eigenvalue weighted by Gasteiger charge is 2.20. The highest BCUT2D eigenvalue weighted by atomic mass is 16.5. The van der Waals surface area contributed by atoms with Crippen LogP contribution in [0.2, 0.25) is 0 Å². The number of rotatable bonds is 4. The van der Waals surface area contributed by atoms with E-state index in [2.05, 4.69) is 29.2 Å². The molecule has 2 aliphatic heterocycles. The second-order valence-corrected chi connectivity index (χ2v) is 5.41. The Kier molecular flexibility index (Phi) is 4.13. The van der Waals surface area contributed by atoms with E-state index in [-0.39, 0.29) is 6.04 Å². The van der Waals surface area contributed by atoms with E-state index in [0.717, 1.165) is 18.9 Å². The largest absolute Gasteiger partial charge is 0.478 e. The second-order valence-electron chi connectivity index (χ2n) is 5.41. The molecule has 0 saturated carbocycles. The maximum absolute atomic E-state index is 5.73. The summed E-state index contributed by atoms with van der Waals surface area (Å²) in [5, 5.41) is 0. The van der Waals surface area contributed by atoms with Crippen molar-refractivity contribution in [3.05, 3.63) is 35.9 Å². The molecule has 0 N–H and O–H groups in total. The lowest BCUT2D eigenvalue weighted by Crippen LogP contribution is -2.31. The number of piperidine rings is 1. The van der Waals surface area contributed by atoms with Gasteiger partial charge in [-0.2, -0.15) is 0 Å². The summed E-state index contributed by atoms with van der Waals surface area (Å²) in [5.41, 5.74) is 1.26. The summed E-state index contributed by atoms with van der Waals surface area (Å²) in [6.07, 6.45) is 5.05. The Bertz CT molecular complexity index is 424. The van der Waals surface area contributed by atoms with Crippen LogP contribution in [0.3, 0.4) is 0 Å². The minimum absolute atomic E-state index is 0.206. The highest BCUT2D eigenvalue weighted by Crippen LogP contribution is 2.23. The zero-order chi connectivity index (χ0) is 12.9. The minimum atomic E-state index is 0.206. The topological polar surface area (TPSA) is 24.8 Å². The van der Waals surface area contributed by atoms with E-state index in [4.69, 9.17) is 9.73 Å². The summed E-state index contributed by atoms with van der Waals surface area (Å²) in [5.74, 6) is 0.944. The summed E-state index contributed by atoms with van der Waals surface area (Å²) in [4.78, 5) is 7.24. The van der Waals surface area contributed by atoms with Crippen molar-refractivity contribution in [2.24, 2.45) is 4.99 Å². The van der Waals surface area contributed by atoms with Gasteiger partial charge in [-0.25, -0.2) is 4.99 Å². The normalized spacial score (nSPS) is 24.0. The first-order chi connectivity index (χ1) is 9.42. The molecule has 102 valence electrons. The average Bonchev–Trinajstić information content (AvgIpc) is 2.96. The first-order valence-corrected chi connectivity index (χ1v) is 7.38. The fourth-order valence-electron chi connectivity index (χ4n) is 2.84. The van der Waals surface area contributed by atoms with Crippen molar-refractivity contribution in [1.82, 2.24) is 4.90 Å². The molecule has 1 atom stereocenters. The summed E-state index contributed by atoms with van der Waals surface area (Å²) in [7, 11) is 0. The fraction of sp³-hybridized carbons (Fsp3) is 0.562. The van der Waals surface area contributed by atoms with Gasteiger partial charge in [-0.1, -0.05) is 36.8 Å². The monoisotopic (exact) mass is 258 g/mol. The lowest BCUT2D eigenvalue weighted by Gasteiger charge is -2.25. The van der Waals surface area contributed by atoms with Crippen LogP contribution in [0.15, 0.2) is 35.3 Å². The van der Waals surface area contributed by atoms with Crippen molar-refractivity contribution >= 4 is 5.90 Å². The fourth-order valence-corrected chi connectivity index (χ4v) is 2.84. The van der Waals surface area contributed by atoms with E-state index in [9.17, 15) is 0 Å². The number of likely N-dealkylation sites (tertiary alicyclic amines) is 1. The first kappa shape index (κ1) is 12.7. The molecule has 3 rings (SSSR count). The molecule has 19 heavy (non-hydrogen) atoms. The zero-order valence-corrected chi connectivity index (χ0v) is 11.4. The van der Waals surface area contributed by atoms with Crippen molar-refractivity contribution in [3.8, 4) is 0 Å². The van der Waals surface area contributed by atoms with E-state index in [0.29, 0.717) is 6.61 Å². The summed E-state index contributed by atoms with van der Waals surface area (Å²) in [6.45, 7) is 4.30. The Morgan fingerprint density at radius 3 is 2.68 bits per heavy atom. The zero-order valence-electron chi connectivity index (χ0n) is 11.4. The van der Waals surface area contributed by atoms with Crippen LogP contribution in [-0.2, 0) is 4.74 Å². The van der Waals surface area contributed by atoms with Crippen LogP contribution in [0, 0.1) is 0 Å². The van der Waals surface area contributed by atoms with E-state index < -0.39 is 0 Å². The number of hydrogen-bond acceptors (Lipinski definition) is 3. The van der Waals surface area contributed by atoms with Gasteiger partial charge in [0.15, 0.2) is 5.90 Å². The third-order valence-electron chi connectivity index (χ3n) is 3.98. The standard InChI is InChI=1S/C16H22N2O/c1-3-7-14(8-4-1)15-13-19-16(17-15)9-12-18-10-5-2-6-11-18/h1,3-4,7-8,15H,2,5-6,9-13H2/t15-/m1/s1. The van der Waals surface area contributed by atoms with Crippen LogP contribution in [0.25, 0.3) is 0 Å². The third-order valence-corrected chi connectivity index (χ3v) is 3.98. The van der Waals surface area contributed by atoms with Crippen molar-refractivity contribution in [3.63, 3.8) is 0 Å². The predicted octanol–water partition coefficient (Wildman–Crippen LogP) is 3.03. The minimum Gasteiger partial charge on any atom is -0.478 e. The van der Waals surface area contributed by atoms with Gasteiger partial charge in [-0.05, 0) is 31.5 Å². The summed E-state index contributed by atoms with van der Waals surface area (Å²) in [6, 6.07) is 10.6. The molecule has 0 aromatic heterocycles. The molecule has 1 aromatic carbocycles. The molecule has 0 bridgehead atoms. The molecule has 0 amide bonds. The maximum Gasteiger partial charge on any atom is 0.185 e. The first-order valence-electron chi connectivity index (χ1n) is 7.38. The smallest absolute Gasteiger partial charge is 0.185 e. The van der Waals surface area contributed by atoms with Gasteiger partial charge in [-0.3, -0.25) is 0 Å². The Labute approximate surface area is 115 Å². The molecule has 0 spiro atoms. The van der Waals surface area contributed by atoms with Gasteiger partial charge in [0.25, 0.3) is 0 Å². The Morgan fingerprint density at radius 2 is 1.89 bits per heavy atom. The molecule has 0 radical (unpaired) electrons. The van der Waals surface area contributed by atoms with Crippen LogP contribution in [0.5, 0.6) is 0 Å². The lowest BCUT2D eigenvalue weighted by molar-refractivity contribution is 0.227. The van der Waals surface area contributed by atoms with Crippen LogP contribution < -0.4 is 0 Å². The van der Waals surface area contributed by atoms with Gasteiger partial charge in [-0.15, -0.1) is 0 Å². The second kappa shape index (κ2) is 6.20. The number of benzene rings is 1. The van der Waals surface area contributed by atoms with Crippen molar-refractivity contribution in [1.29, 1.82) is 0 Å². The van der Waals surface area contributed by atoms with Gasteiger partial charge in [0.2, 0.25) is 0 Å². The SMILES string of the molecule is c1ccc([C@H]2COC(CCN3CCCCC3)=N2)cc1. The molecule has 3 nitrogen and oxygen atoms in total. The number of aliphatic imine (C=N–C) groups is 1. The average molecular weight is 258 g/mol. The summed E-state index contributed by atoms with van der Waals surface area (Å²) >= 11 is 0. The van der Waals surface area contributed by atoms with E-state index in [1.165, 1.54) is 37.9 Å². The Hall–Kier alpha value is -1.35. The predicted molar refractivity (Wildman–Crippen MR) is 77.5 cm³/mol. The molecule has 0 unspecified atom stereocenters. The van der Waals surface area contributed by atoms with E-state index in [1.807, 2.05) is 6.07 Å². The van der Waals surface area contributed by atoms with Crippen LogP contribution >= 0.6 is 0 Å². The maximum atomic E-state index is 5.73. The van der Waals surface area contributed by atoms with Crippen LogP contribution in [-0.4, -0.2) is 37.0 Å². The lowest BCUT2D eigenvalue weighted by atomic mass is 10.1. The van der Waals surface area contributed by atoms with Gasteiger partial charge in [0.1, 0.15) is 12.6 Å². The van der Waals surface area contributed by atoms with Crippen molar-refractivity contribution in [2.75, 3.05) is 26.2 Å². The van der Waals surface area contributed by atoms with Gasteiger partial charge >= 0.3 is 0 Å². The number of hydrogen-bond donors (Lipinski definition) is 0. The van der Waals surface area contributed by atoms with Crippen LogP contribution in [0.4, 0.5) is 0 Å². The van der Waals surface area contributed by atoms with Crippen molar-refractivity contribution < 1.29 is 4.74 Å². The molecule has 1 fully saturated rings.